The summed E-state index contributed by atoms with van der Waals surface area (Å²) in [5, 5.41) is 6.16. The normalized spacial score (nSPS) is 23.4. The van der Waals surface area contributed by atoms with Gasteiger partial charge in [0.15, 0.2) is 0 Å². The molecule has 1 heterocycles. The number of carbonyl (C=O) groups excluding carboxylic acids is 1. The molecule has 2 rings (SSSR count). The fraction of sp³-hybridized carbons (Fsp3) is 0.917. The molecule has 1 saturated carbocycles. The quantitative estimate of drug-likeness (QED) is 0.654. The second-order valence-electron chi connectivity index (χ2n) is 5.02. The van der Waals surface area contributed by atoms with Crippen molar-refractivity contribution in [1.29, 1.82) is 0 Å². The largest absolute Gasteiger partial charge is 0.379 e. The Labute approximate surface area is 103 Å². The molecule has 0 spiro atoms. The average Bonchev–Trinajstić information content (AvgIpc) is 3.12. The fourth-order valence-electron chi connectivity index (χ4n) is 2.31. The first-order valence-electron chi connectivity index (χ1n) is 6.50. The molecular weight excluding hydrogens is 218 g/mol. The summed E-state index contributed by atoms with van der Waals surface area (Å²) in [6, 6.07) is 0. The molecule has 2 fully saturated rings. The highest BCUT2D eigenvalue weighted by atomic mass is 16.5. The van der Waals surface area contributed by atoms with Gasteiger partial charge in [0.2, 0.25) is 5.91 Å². The maximum absolute atomic E-state index is 12.0. The van der Waals surface area contributed by atoms with E-state index in [0.717, 1.165) is 58.8 Å². The summed E-state index contributed by atoms with van der Waals surface area (Å²) in [6.45, 7) is 6.09. The Bertz CT molecular complexity index is 260. The highest BCUT2D eigenvalue weighted by Crippen LogP contribution is 2.45. The van der Waals surface area contributed by atoms with Gasteiger partial charge in [0.25, 0.3) is 0 Å². The van der Waals surface area contributed by atoms with E-state index in [2.05, 4.69) is 15.5 Å². The molecule has 0 unspecified atom stereocenters. The number of carbonyl (C=O) groups is 1. The van der Waals surface area contributed by atoms with E-state index < -0.39 is 0 Å². The zero-order valence-electron chi connectivity index (χ0n) is 10.6. The average molecular weight is 241 g/mol. The molecule has 2 N–H and O–H groups in total. The maximum atomic E-state index is 12.0. The molecule has 5 nitrogen and oxygen atoms in total. The molecule has 2 aliphatic rings. The lowest BCUT2D eigenvalue weighted by atomic mass is 10.1. The lowest BCUT2D eigenvalue weighted by molar-refractivity contribution is -0.126. The summed E-state index contributed by atoms with van der Waals surface area (Å²) in [4.78, 5) is 14.3. The van der Waals surface area contributed by atoms with Crippen molar-refractivity contribution in [2.45, 2.75) is 12.8 Å². The summed E-state index contributed by atoms with van der Waals surface area (Å²) in [5.41, 5.74) is -0.0975. The number of hydrogen-bond acceptors (Lipinski definition) is 4. The Morgan fingerprint density at radius 1 is 1.35 bits per heavy atom. The number of rotatable bonds is 6. The van der Waals surface area contributed by atoms with Crippen LogP contribution >= 0.6 is 0 Å². The summed E-state index contributed by atoms with van der Waals surface area (Å²) >= 11 is 0. The molecule has 1 saturated heterocycles. The van der Waals surface area contributed by atoms with Crippen molar-refractivity contribution >= 4 is 5.91 Å². The Hall–Kier alpha value is -0.650. The van der Waals surface area contributed by atoms with E-state index in [1.807, 2.05) is 7.05 Å². The number of morpholine rings is 1. The van der Waals surface area contributed by atoms with Gasteiger partial charge in [-0.2, -0.15) is 0 Å². The summed E-state index contributed by atoms with van der Waals surface area (Å²) in [5.74, 6) is 0.222. The van der Waals surface area contributed by atoms with Gasteiger partial charge in [-0.1, -0.05) is 0 Å². The van der Waals surface area contributed by atoms with Gasteiger partial charge in [0.1, 0.15) is 0 Å². The molecule has 1 amide bonds. The number of ether oxygens (including phenoxy) is 1. The molecule has 0 radical (unpaired) electrons. The second-order valence-corrected chi connectivity index (χ2v) is 5.02. The first kappa shape index (κ1) is 12.8. The first-order chi connectivity index (χ1) is 8.27. The van der Waals surface area contributed by atoms with Crippen molar-refractivity contribution in [3.8, 4) is 0 Å². The van der Waals surface area contributed by atoms with Crippen LogP contribution in [0.4, 0.5) is 0 Å². The summed E-state index contributed by atoms with van der Waals surface area (Å²) < 4.78 is 5.29. The topological polar surface area (TPSA) is 53.6 Å². The van der Waals surface area contributed by atoms with Crippen molar-refractivity contribution in [2.75, 3.05) is 53.0 Å². The number of nitrogens with zero attached hydrogens (tertiary/aromatic N) is 1. The van der Waals surface area contributed by atoms with Gasteiger partial charge in [-0.15, -0.1) is 0 Å². The van der Waals surface area contributed by atoms with Gasteiger partial charge in [-0.25, -0.2) is 0 Å². The van der Waals surface area contributed by atoms with E-state index in [1.165, 1.54) is 0 Å². The van der Waals surface area contributed by atoms with E-state index in [0.29, 0.717) is 0 Å². The highest BCUT2D eigenvalue weighted by Gasteiger charge is 2.48. The number of nitrogens with one attached hydrogen (secondary N) is 2. The van der Waals surface area contributed by atoms with Gasteiger partial charge >= 0.3 is 0 Å². The van der Waals surface area contributed by atoms with Crippen LogP contribution in [0.2, 0.25) is 0 Å². The SMILES string of the molecule is CNCC1(C(=O)NCCN2CCOCC2)CC1. The van der Waals surface area contributed by atoms with Crippen LogP contribution in [0, 0.1) is 5.41 Å². The molecule has 98 valence electrons. The third kappa shape index (κ3) is 3.40. The van der Waals surface area contributed by atoms with Gasteiger partial charge in [-0.3, -0.25) is 9.69 Å². The predicted molar refractivity (Wildman–Crippen MR) is 65.9 cm³/mol. The Kier molecular flexibility index (Phi) is 4.36. The monoisotopic (exact) mass is 241 g/mol. The van der Waals surface area contributed by atoms with Crippen LogP contribution in [0.3, 0.4) is 0 Å². The van der Waals surface area contributed by atoms with Gasteiger partial charge in [0.05, 0.1) is 18.6 Å². The smallest absolute Gasteiger partial charge is 0.227 e. The highest BCUT2D eigenvalue weighted by molar-refractivity contribution is 5.85. The summed E-state index contributed by atoms with van der Waals surface area (Å²) in [7, 11) is 1.90. The van der Waals surface area contributed by atoms with Crippen LogP contribution in [-0.2, 0) is 9.53 Å². The number of amides is 1. The van der Waals surface area contributed by atoms with Crippen LogP contribution < -0.4 is 10.6 Å². The molecule has 1 aliphatic carbocycles. The molecule has 0 aromatic carbocycles. The van der Waals surface area contributed by atoms with Crippen molar-refractivity contribution in [1.82, 2.24) is 15.5 Å². The molecule has 0 bridgehead atoms. The van der Waals surface area contributed by atoms with E-state index in [-0.39, 0.29) is 11.3 Å². The second kappa shape index (κ2) is 5.80. The Balaban J connectivity index is 1.63. The van der Waals surface area contributed by atoms with Gasteiger partial charge < -0.3 is 15.4 Å². The molecule has 0 aromatic heterocycles. The van der Waals surface area contributed by atoms with Crippen LogP contribution in [0.5, 0.6) is 0 Å². The van der Waals surface area contributed by atoms with Crippen LogP contribution in [0.15, 0.2) is 0 Å². The summed E-state index contributed by atoms with van der Waals surface area (Å²) in [6.07, 6.45) is 2.05. The standard InChI is InChI=1S/C12H23N3O2/c1-13-10-12(2-3-12)11(16)14-4-5-15-6-8-17-9-7-15/h13H,2-10H2,1H3,(H,14,16). The van der Waals surface area contributed by atoms with Crippen LogP contribution in [0.25, 0.3) is 0 Å². The molecule has 0 aromatic rings. The van der Waals surface area contributed by atoms with E-state index in [9.17, 15) is 4.79 Å². The molecule has 0 atom stereocenters. The minimum Gasteiger partial charge on any atom is -0.379 e. The van der Waals surface area contributed by atoms with Crippen molar-refractivity contribution < 1.29 is 9.53 Å². The lowest BCUT2D eigenvalue weighted by Gasteiger charge is -2.26. The van der Waals surface area contributed by atoms with E-state index >= 15 is 0 Å². The van der Waals surface area contributed by atoms with Crippen LogP contribution in [0.1, 0.15) is 12.8 Å². The zero-order valence-corrected chi connectivity index (χ0v) is 10.6. The van der Waals surface area contributed by atoms with Crippen LogP contribution in [-0.4, -0.2) is 63.8 Å². The minimum atomic E-state index is -0.0975. The van der Waals surface area contributed by atoms with Gasteiger partial charge in [0, 0.05) is 32.7 Å². The van der Waals surface area contributed by atoms with E-state index in [4.69, 9.17) is 4.74 Å². The molecule has 5 heteroatoms. The zero-order chi connectivity index (χ0) is 12.1. The Morgan fingerprint density at radius 3 is 2.65 bits per heavy atom. The first-order valence-corrected chi connectivity index (χ1v) is 6.50. The van der Waals surface area contributed by atoms with E-state index in [1.54, 1.807) is 0 Å². The fourth-order valence-corrected chi connectivity index (χ4v) is 2.31. The molecule has 1 aliphatic heterocycles. The molecule has 17 heavy (non-hydrogen) atoms. The predicted octanol–water partition coefficient (Wildman–Crippen LogP) is -0.566. The Morgan fingerprint density at radius 2 is 2.06 bits per heavy atom. The van der Waals surface area contributed by atoms with Gasteiger partial charge in [-0.05, 0) is 19.9 Å². The third-order valence-electron chi connectivity index (χ3n) is 3.67. The lowest BCUT2D eigenvalue weighted by Crippen LogP contribution is -2.44. The van der Waals surface area contributed by atoms with Crippen molar-refractivity contribution in [3.05, 3.63) is 0 Å². The van der Waals surface area contributed by atoms with Crippen molar-refractivity contribution in [2.24, 2.45) is 5.41 Å². The third-order valence-corrected chi connectivity index (χ3v) is 3.67. The number of hydrogen-bond donors (Lipinski definition) is 2. The maximum Gasteiger partial charge on any atom is 0.227 e. The minimum absolute atomic E-state index is 0.0975. The van der Waals surface area contributed by atoms with Crippen molar-refractivity contribution in [3.63, 3.8) is 0 Å². The molecular formula is C12H23N3O2.